The lowest BCUT2D eigenvalue weighted by Crippen LogP contribution is -2.47. The molecule has 2 fully saturated rings. The summed E-state index contributed by atoms with van der Waals surface area (Å²) >= 11 is 3.97. The molecule has 0 amide bonds. The Morgan fingerprint density at radius 3 is 2.52 bits per heavy atom. The largest absolute Gasteiger partial charge is 0.348 e. The number of rotatable bonds is 2. The Bertz CT molecular complexity index is 683. The summed E-state index contributed by atoms with van der Waals surface area (Å²) in [6.45, 7) is 9.25. The summed E-state index contributed by atoms with van der Waals surface area (Å²) in [6.07, 6.45) is 2.58. The fourth-order valence-corrected chi connectivity index (χ4v) is 5.98. The van der Waals surface area contributed by atoms with Crippen LogP contribution < -0.4 is 4.90 Å². The smallest absolute Gasteiger partial charge is 0.186 e. The van der Waals surface area contributed by atoms with Gasteiger partial charge in [0.25, 0.3) is 0 Å². The van der Waals surface area contributed by atoms with Crippen LogP contribution in [0.2, 0.25) is 0 Å². The van der Waals surface area contributed by atoms with Crippen molar-refractivity contribution in [3.8, 4) is 0 Å². The summed E-state index contributed by atoms with van der Waals surface area (Å²) in [7, 11) is 0. The number of hydrogen-bond acceptors (Lipinski definition) is 5. The first-order valence-corrected chi connectivity index (χ1v) is 10.6. The van der Waals surface area contributed by atoms with Crippen molar-refractivity contribution in [2.24, 2.45) is 0 Å². The summed E-state index contributed by atoms with van der Waals surface area (Å²) in [4.78, 5) is 10.2. The zero-order chi connectivity index (χ0) is 15.8. The Morgan fingerprint density at radius 1 is 1.04 bits per heavy atom. The minimum absolute atomic E-state index is 0.797. The predicted molar refractivity (Wildman–Crippen MR) is 103 cm³/mol. The number of anilines is 1. The number of thiazole rings is 1. The van der Waals surface area contributed by atoms with E-state index in [1.807, 2.05) is 11.3 Å². The van der Waals surface area contributed by atoms with Gasteiger partial charge in [-0.15, -0.1) is 0 Å². The van der Waals surface area contributed by atoms with Gasteiger partial charge in [-0.05, 0) is 43.9 Å². The number of thioether (sulfide) groups is 1. The average molecular weight is 348 g/mol. The molecule has 23 heavy (non-hydrogen) atoms. The van der Waals surface area contributed by atoms with Crippen molar-refractivity contribution in [2.75, 3.05) is 42.6 Å². The van der Waals surface area contributed by atoms with Crippen molar-refractivity contribution in [2.45, 2.75) is 32.7 Å². The second-order valence-electron chi connectivity index (χ2n) is 6.79. The quantitative estimate of drug-likeness (QED) is 0.819. The maximum atomic E-state index is 4.94. The highest BCUT2D eigenvalue weighted by Gasteiger charge is 2.27. The number of piperidine rings is 1. The van der Waals surface area contributed by atoms with E-state index >= 15 is 0 Å². The minimum Gasteiger partial charge on any atom is -0.348 e. The number of benzene rings is 1. The Kier molecular flexibility index (Phi) is 4.52. The number of aryl methyl sites for hydroxylation is 2. The molecule has 0 spiro atoms. The molecule has 0 saturated carbocycles. The van der Waals surface area contributed by atoms with Crippen molar-refractivity contribution in [3.63, 3.8) is 0 Å². The molecule has 3 nitrogen and oxygen atoms in total. The van der Waals surface area contributed by atoms with E-state index in [1.165, 1.54) is 63.9 Å². The highest BCUT2D eigenvalue weighted by atomic mass is 32.2. The van der Waals surface area contributed by atoms with E-state index < -0.39 is 0 Å². The van der Waals surface area contributed by atoms with Crippen molar-refractivity contribution >= 4 is 38.4 Å². The van der Waals surface area contributed by atoms with Crippen LogP contribution in [0.25, 0.3) is 10.2 Å². The van der Waals surface area contributed by atoms with E-state index in [4.69, 9.17) is 4.98 Å². The number of nitrogens with zero attached hydrogens (tertiary/aromatic N) is 3. The monoisotopic (exact) mass is 347 g/mol. The minimum atomic E-state index is 0.797. The van der Waals surface area contributed by atoms with Gasteiger partial charge >= 0.3 is 0 Å². The molecule has 2 saturated heterocycles. The third-order valence-corrected chi connectivity index (χ3v) is 7.12. The van der Waals surface area contributed by atoms with E-state index in [2.05, 4.69) is 47.5 Å². The lowest BCUT2D eigenvalue weighted by Gasteiger charge is -2.40. The van der Waals surface area contributed by atoms with Crippen LogP contribution in [0, 0.1) is 13.8 Å². The third kappa shape index (κ3) is 3.24. The average Bonchev–Trinajstić information content (AvgIpc) is 3.00. The van der Waals surface area contributed by atoms with E-state index in [0.717, 1.165) is 19.1 Å². The fourth-order valence-electron chi connectivity index (χ4n) is 3.86. The zero-order valence-corrected chi connectivity index (χ0v) is 15.7. The molecule has 0 radical (unpaired) electrons. The van der Waals surface area contributed by atoms with Crippen molar-refractivity contribution < 1.29 is 0 Å². The molecule has 1 aromatic heterocycles. The van der Waals surface area contributed by atoms with Gasteiger partial charge in [0, 0.05) is 43.7 Å². The van der Waals surface area contributed by atoms with Crippen molar-refractivity contribution in [3.05, 3.63) is 23.3 Å². The van der Waals surface area contributed by atoms with Gasteiger partial charge < -0.3 is 4.90 Å². The standard InChI is InChI=1S/C18H25N3S2/c1-13-11-14(2)17-16(12-13)23-18(19-17)21-5-3-15(4-6-21)20-7-9-22-10-8-20/h11-12,15H,3-10H2,1-2H3. The van der Waals surface area contributed by atoms with Crippen LogP contribution in [0.1, 0.15) is 24.0 Å². The summed E-state index contributed by atoms with van der Waals surface area (Å²) < 4.78 is 1.34. The molecular weight excluding hydrogens is 322 g/mol. The first-order valence-electron chi connectivity index (χ1n) is 8.65. The van der Waals surface area contributed by atoms with Crippen molar-refractivity contribution in [1.82, 2.24) is 9.88 Å². The van der Waals surface area contributed by atoms with E-state index in [0.29, 0.717) is 0 Å². The van der Waals surface area contributed by atoms with Gasteiger partial charge in [0.2, 0.25) is 0 Å². The number of hydrogen-bond donors (Lipinski definition) is 0. The fraction of sp³-hybridized carbons (Fsp3) is 0.611. The predicted octanol–water partition coefficient (Wildman–Crippen LogP) is 3.93. The molecule has 5 heteroatoms. The van der Waals surface area contributed by atoms with Gasteiger partial charge in [0.1, 0.15) is 0 Å². The lowest BCUT2D eigenvalue weighted by atomic mass is 10.0. The zero-order valence-electron chi connectivity index (χ0n) is 14.0. The normalized spacial score (nSPS) is 21.2. The molecule has 0 N–H and O–H groups in total. The molecule has 0 aliphatic carbocycles. The van der Waals surface area contributed by atoms with E-state index in [-0.39, 0.29) is 0 Å². The molecule has 2 aliphatic heterocycles. The molecule has 1 aromatic carbocycles. The van der Waals surface area contributed by atoms with Gasteiger partial charge in [0.15, 0.2) is 5.13 Å². The SMILES string of the molecule is Cc1cc(C)c2nc(N3CCC(N4CCSCC4)CC3)sc2c1. The maximum absolute atomic E-state index is 4.94. The molecule has 2 aliphatic rings. The van der Waals surface area contributed by atoms with Gasteiger partial charge in [-0.2, -0.15) is 11.8 Å². The first kappa shape index (κ1) is 15.7. The highest BCUT2D eigenvalue weighted by Crippen LogP contribution is 2.33. The topological polar surface area (TPSA) is 19.4 Å². The Hall–Kier alpha value is -0.780. The lowest BCUT2D eigenvalue weighted by molar-refractivity contribution is 0.186. The molecule has 4 rings (SSSR count). The van der Waals surface area contributed by atoms with Gasteiger partial charge in [-0.3, -0.25) is 4.90 Å². The number of aromatic nitrogens is 1. The Balaban J connectivity index is 1.46. The van der Waals surface area contributed by atoms with Crippen LogP contribution in [0.4, 0.5) is 5.13 Å². The summed E-state index contributed by atoms with van der Waals surface area (Å²) in [5.74, 6) is 2.63. The first-order chi connectivity index (χ1) is 11.2. The molecule has 2 aromatic rings. The number of fused-ring (bicyclic) bond motifs is 1. The summed E-state index contributed by atoms with van der Waals surface area (Å²) in [6, 6.07) is 5.32. The second kappa shape index (κ2) is 6.61. The Labute approximate surface area is 147 Å². The highest BCUT2D eigenvalue weighted by molar-refractivity contribution is 7.99. The molecule has 0 atom stereocenters. The van der Waals surface area contributed by atoms with Crippen molar-refractivity contribution in [1.29, 1.82) is 0 Å². The summed E-state index contributed by atoms with van der Waals surface area (Å²) in [5.41, 5.74) is 3.85. The van der Waals surface area contributed by atoms with Crippen LogP contribution in [-0.4, -0.2) is 53.6 Å². The summed E-state index contributed by atoms with van der Waals surface area (Å²) in [5, 5.41) is 1.22. The molecular formula is C18H25N3S2. The van der Waals surface area contributed by atoms with Gasteiger partial charge in [-0.1, -0.05) is 17.4 Å². The van der Waals surface area contributed by atoms with Gasteiger partial charge in [0.05, 0.1) is 10.2 Å². The molecule has 0 unspecified atom stereocenters. The molecule has 3 heterocycles. The van der Waals surface area contributed by atoms with Crippen LogP contribution in [0.5, 0.6) is 0 Å². The van der Waals surface area contributed by atoms with Crippen LogP contribution in [-0.2, 0) is 0 Å². The van der Waals surface area contributed by atoms with Crippen LogP contribution in [0.15, 0.2) is 12.1 Å². The van der Waals surface area contributed by atoms with Gasteiger partial charge in [-0.25, -0.2) is 4.98 Å². The molecule has 124 valence electrons. The Morgan fingerprint density at radius 2 is 1.78 bits per heavy atom. The molecule has 0 bridgehead atoms. The van der Waals surface area contributed by atoms with E-state index in [1.54, 1.807) is 0 Å². The second-order valence-corrected chi connectivity index (χ2v) is 9.03. The van der Waals surface area contributed by atoms with Crippen LogP contribution in [0.3, 0.4) is 0 Å². The van der Waals surface area contributed by atoms with E-state index in [9.17, 15) is 0 Å². The third-order valence-electron chi connectivity index (χ3n) is 5.12. The maximum Gasteiger partial charge on any atom is 0.186 e. The van der Waals surface area contributed by atoms with Crippen LogP contribution >= 0.6 is 23.1 Å².